The summed E-state index contributed by atoms with van der Waals surface area (Å²) in [6.45, 7) is 4.01. The van der Waals surface area contributed by atoms with Crippen LogP contribution in [0.3, 0.4) is 0 Å². The fraction of sp³-hybridized carbons (Fsp3) is 0.400. The van der Waals surface area contributed by atoms with Crippen molar-refractivity contribution < 1.29 is 9.53 Å². The summed E-state index contributed by atoms with van der Waals surface area (Å²) >= 11 is 12.9. The normalized spacial score (nSPS) is 19.5. The summed E-state index contributed by atoms with van der Waals surface area (Å²) in [6, 6.07) is 3.81. The van der Waals surface area contributed by atoms with Crippen molar-refractivity contribution in [3.05, 3.63) is 40.3 Å². The van der Waals surface area contributed by atoms with E-state index in [9.17, 15) is 4.79 Å². The molecule has 7 nitrogen and oxygen atoms in total. The third kappa shape index (κ3) is 3.32. The van der Waals surface area contributed by atoms with E-state index in [0.717, 1.165) is 34.3 Å². The highest BCUT2D eigenvalue weighted by Crippen LogP contribution is 2.42. The molecule has 0 bridgehead atoms. The van der Waals surface area contributed by atoms with E-state index in [0.29, 0.717) is 49.3 Å². The Kier molecular flexibility index (Phi) is 4.99. The maximum atomic E-state index is 13.0. The number of rotatable bonds is 3. The van der Waals surface area contributed by atoms with Gasteiger partial charge in [-0.25, -0.2) is 0 Å². The summed E-state index contributed by atoms with van der Waals surface area (Å²) in [5, 5.41) is 12.4. The zero-order chi connectivity index (χ0) is 20.0. The van der Waals surface area contributed by atoms with E-state index in [-0.39, 0.29) is 12.0 Å². The number of fused-ring (bicyclic) bond motifs is 3. The molecule has 1 unspecified atom stereocenters. The summed E-state index contributed by atoms with van der Waals surface area (Å²) < 4.78 is 7.90. The number of halogens is 2. The molecule has 0 spiro atoms. The molecule has 2 aliphatic rings. The summed E-state index contributed by atoms with van der Waals surface area (Å²) in [6.07, 6.45) is 3.98. The molecule has 1 aromatic carbocycles. The Morgan fingerprint density at radius 3 is 2.97 bits per heavy atom. The molecule has 3 aromatic rings. The van der Waals surface area contributed by atoms with E-state index < -0.39 is 0 Å². The molecule has 0 aliphatic carbocycles. The van der Waals surface area contributed by atoms with Gasteiger partial charge < -0.3 is 19.5 Å². The third-order valence-electron chi connectivity index (χ3n) is 5.70. The van der Waals surface area contributed by atoms with E-state index >= 15 is 0 Å². The molecular formula is C20H21Cl2N5O2. The van der Waals surface area contributed by atoms with E-state index in [1.54, 1.807) is 6.20 Å². The predicted molar refractivity (Wildman–Crippen MR) is 112 cm³/mol. The monoisotopic (exact) mass is 433 g/mol. The van der Waals surface area contributed by atoms with Crippen molar-refractivity contribution >= 4 is 40.0 Å². The van der Waals surface area contributed by atoms with Crippen LogP contribution in [0.25, 0.3) is 22.0 Å². The van der Waals surface area contributed by atoms with Gasteiger partial charge in [0.1, 0.15) is 0 Å². The van der Waals surface area contributed by atoms with E-state index in [4.69, 9.17) is 27.9 Å². The van der Waals surface area contributed by atoms with Crippen molar-refractivity contribution in [3.8, 4) is 11.1 Å². The van der Waals surface area contributed by atoms with Crippen LogP contribution in [0.4, 0.5) is 0 Å². The van der Waals surface area contributed by atoms with Crippen LogP contribution in [0.15, 0.2) is 24.5 Å². The van der Waals surface area contributed by atoms with Gasteiger partial charge in [0.2, 0.25) is 5.91 Å². The maximum Gasteiger partial charge on any atom is 0.225 e. The molecule has 1 fully saturated rings. The summed E-state index contributed by atoms with van der Waals surface area (Å²) in [4.78, 5) is 14.9. The summed E-state index contributed by atoms with van der Waals surface area (Å²) in [5.74, 6) is 0.109. The van der Waals surface area contributed by atoms with Crippen LogP contribution >= 0.6 is 23.2 Å². The number of carbonyl (C=O) groups is 1. The average molecular weight is 434 g/mol. The number of benzene rings is 1. The van der Waals surface area contributed by atoms with Crippen LogP contribution < -0.4 is 5.32 Å². The van der Waals surface area contributed by atoms with Crippen LogP contribution in [0.1, 0.15) is 12.1 Å². The second-order valence-corrected chi connectivity index (χ2v) is 8.22. The lowest BCUT2D eigenvalue weighted by molar-refractivity contribution is -0.136. The number of morpholine rings is 1. The molecule has 1 saturated heterocycles. The molecule has 1 amide bonds. The Hall–Kier alpha value is -2.06. The SMILES string of the molecule is O=C(CC1CNCCO1)N1CCn2c(c(-c3cn[nH]c3)c3ccc(Cl)c(Cl)c32)C1. The highest BCUT2D eigenvalue weighted by Gasteiger charge is 2.30. The topological polar surface area (TPSA) is 75.2 Å². The second-order valence-electron chi connectivity index (χ2n) is 7.43. The standard InChI is InChI=1S/C20H21Cl2N5O2/c21-15-2-1-14-18(12-8-24-25-9-12)16-11-26(4-5-27(16)20(14)19(15)22)17(28)7-13-10-23-3-6-29-13/h1-2,8-9,13,23H,3-7,10-11H2,(H,24,25). The van der Waals surface area contributed by atoms with Crippen molar-refractivity contribution in [1.29, 1.82) is 0 Å². The first-order valence-corrected chi connectivity index (χ1v) is 10.5. The molecule has 0 saturated carbocycles. The molecule has 152 valence electrons. The van der Waals surface area contributed by atoms with Crippen molar-refractivity contribution in [1.82, 2.24) is 25.0 Å². The lowest BCUT2D eigenvalue weighted by Gasteiger charge is -2.32. The molecule has 29 heavy (non-hydrogen) atoms. The smallest absolute Gasteiger partial charge is 0.225 e. The first-order chi connectivity index (χ1) is 14.1. The third-order valence-corrected chi connectivity index (χ3v) is 6.50. The number of hydrogen-bond donors (Lipinski definition) is 2. The second kappa shape index (κ2) is 7.65. The number of H-pyrrole nitrogens is 1. The van der Waals surface area contributed by atoms with Crippen molar-refractivity contribution in [3.63, 3.8) is 0 Å². The number of amides is 1. The van der Waals surface area contributed by atoms with Gasteiger partial charge in [0.15, 0.2) is 0 Å². The molecule has 2 aliphatic heterocycles. The van der Waals surface area contributed by atoms with E-state index in [1.807, 2.05) is 23.2 Å². The van der Waals surface area contributed by atoms with E-state index in [2.05, 4.69) is 20.1 Å². The number of nitrogens with zero attached hydrogens (tertiary/aromatic N) is 3. The van der Waals surface area contributed by atoms with Crippen LogP contribution in [-0.2, 0) is 22.6 Å². The zero-order valence-electron chi connectivity index (χ0n) is 15.8. The first-order valence-electron chi connectivity index (χ1n) is 9.72. The van der Waals surface area contributed by atoms with Gasteiger partial charge in [-0.15, -0.1) is 0 Å². The van der Waals surface area contributed by atoms with Crippen molar-refractivity contribution in [2.24, 2.45) is 0 Å². The fourth-order valence-corrected chi connectivity index (χ4v) is 4.74. The minimum Gasteiger partial charge on any atom is -0.375 e. The lowest BCUT2D eigenvalue weighted by Crippen LogP contribution is -2.44. The minimum atomic E-state index is -0.0642. The Balaban J connectivity index is 1.52. The molecule has 9 heteroatoms. The van der Waals surface area contributed by atoms with Gasteiger partial charge in [-0.1, -0.05) is 29.3 Å². The van der Waals surface area contributed by atoms with Crippen LogP contribution in [0.5, 0.6) is 0 Å². The summed E-state index contributed by atoms with van der Waals surface area (Å²) in [5.41, 5.74) is 3.97. The summed E-state index contributed by atoms with van der Waals surface area (Å²) in [7, 11) is 0. The minimum absolute atomic E-state index is 0.0642. The largest absolute Gasteiger partial charge is 0.375 e. The van der Waals surface area contributed by atoms with Gasteiger partial charge in [0.05, 0.1) is 47.4 Å². The number of aromatic nitrogens is 3. The van der Waals surface area contributed by atoms with Crippen molar-refractivity contribution in [2.45, 2.75) is 25.6 Å². The Morgan fingerprint density at radius 2 is 2.21 bits per heavy atom. The quantitative estimate of drug-likeness (QED) is 0.665. The van der Waals surface area contributed by atoms with Crippen LogP contribution in [0.2, 0.25) is 10.0 Å². The van der Waals surface area contributed by atoms with Gasteiger partial charge >= 0.3 is 0 Å². The van der Waals surface area contributed by atoms with Gasteiger partial charge in [-0.3, -0.25) is 9.89 Å². The highest BCUT2D eigenvalue weighted by molar-refractivity contribution is 6.45. The van der Waals surface area contributed by atoms with Gasteiger partial charge in [-0.05, 0) is 6.07 Å². The van der Waals surface area contributed by atoms with Crippen molar-refractivity contribution in [2.75, 3.05) is 26.2 Å². The number of nitrogens with one attached hydrogen (secondary N) is 2. The predicted octanol–water partition coefficient (Wildman–Crippen LogP) is 3.06. The fourth-order valence-electron chi connectivity index (χ4n) is 4.32. The maximum absolute atomic E-state index is 13.0. The molecule has 1 atom stereocenters. The van der Waals surface area contributed by atoms with Gasteiger partial charge in [-0.2, -0.15) is 5.10 Å². The Bertz CT molecular complexity index is 1060. The molecule has 4 heterocycles. The number of ether oxygens (including phenoxy) is 1. The highest BCUT2D eigenvalue weighted by atomic mass is 35.5. The molecule has 5 rings (SSSR count). The average Bonchev–Trinajstić information content (AvgIpc) is 3.36. The lowest BCUT2D eigenvalue weighted by atomic mass is 10.0. The molecule has 2 aromatic heterocycles. The molecule has 0 radical (unpaired) electrons. The first kappa shape index (κ1) is 18.9. The van der Waals surface area contributed by atoms with E-state index in [1.165, 1.54) is 0 Å². The molecule has 2 N–H and O–H groups in total. The molecular weight excluding hydrogens is 413 g/mol. The van der Waals surface area contributed by atoms with Gasteiger partial charge in [0, 0.05) is 54.6 Å². The Morgan fingerprint density at radius 1 is 1.31 bits per heavy atom. The Labute approximate surface area is 177 Å². The van der Waals surface area contributed by atoms with Crippen LogP contribution in [-0.4, -0.2) is 57.9 Å². The van der Waals surface area contributed by atoms with Crippen LogP contribution in [0, 0.1) is 0 Å². The number of carbonyl (C=O) groups excluding carboxylic acids is 1. The number of hydrogen-bond acceptors (Lipinski definition) is 4. The number of aromatic amines is 1. The zero-order valence-corrected chi connectivity index (χ0v) is 17.3. The van der Waals surface area contributed by atoms with Gasteiger partial charge in [0.25, 0.3) is 0 Å².